The number of hydrogen-bond donors (Lipinski definition) is 0. The Hall–Kier alpha value is -2.53. The molecule has 22 heavy (non-hydrogen) atoms. The monoisotopic (exact) mass is 299 g/mol. The van der Waals surface area contributed by atoms with E-state index in [0.717, 1.165) is 5.65 Å². The van der Waals surface area contributed by atoms with Gasteiger partial charge >= 0.3 is 5.97 Å². The van der Waals surface area contributed by atoms with Gasteiger partial charge in [-0.3, -0.25) is 4.79 Å². The van der Waals surface area contributed by atoms with Crippen molar-refractivity contribution in [2.75, 3.05) is 6.61 Å². The lowest BCUT2D eigenvalue weighted by molar-refractivity contribution is -0.143. The van der Waals surface area contributed by atoms with Crippen LogP contribution in [0, 0.1) is 0 Å². The van der Waals surface area contributed by atoms with Gasteiger partial charge in [0.1, 0.15) is 5.65 Å². The molecule has 2 aromatic rings. The first-order valence-electron chi connectivity index (χ1n) is 7.39. The highest BCUT2D eigenvalue weighted by Crippen LogP contribution is 2.40. The number of aromatic nitrogens is 2. The van der Waals surface area contributed by atoms with Crippen molar-refractivity contribution in [1.29, 1.82) is 0 Å². The number of carbonyl (C=O) groups excluding carboxylic acids is 1. The zero-order valence-corrected chi connectivity index (χ0v) is 12.3. The Morgan fingerprint density at radius 1 is 1.55 bits per heavy atom. The maximum Gasteiger partial charge on any atom is 0.306 e. The van der Waals surface area contributed by atoms with Gasteiger partial charge in [-0.25, -0.2) is 4.98 Å². The molecular weight excluding hydrogens is 282 g/mol. The van der Waals surface area contributed by atoms with Crippen LogP contribution in [0.15, 0.2) is 29.6 Å². The summed E-state index contributed by atoms with van der Waals surface area (Å²) in [5, 5.41) is 3.69. The predicted octanol–water partition coefficient (Wildman–Crippen LogP) is 3.52. The van der Waals surface area contributed by atoms with Gasteiger partial charge in [0.2, 0.25) is 0 Å². The third kappa shape index (κ3) is 3.04. The quantitative estimate of drug-likeness (QED) is 0.353. The van der Waals surface area contributed by atoms with E-state index in [1.165, 1.54) is 18.4 Å². The van der Waals surface area contributed by atoms with Crippen molar-refractivity contribution in [3.05, 3.63) is 46.2 Å². The normalized spacial score (nSPS) is 15.3. The fraction of sp³-hybridized carbons (Fsp3) is 0.467. The minimum Gasteiger partial charge on any atom is -0.466 e. The zero-order valence-electron chi connectivity index (χ0n) is 12.3. The van der Waals surface area contributed by atoms with E-state index in [9.17, 15) is 4.79 Å². The van der Waals surface area contributed by atoms with E-state index in [-0.39, 0.29) is 6.42 Å². The fourth-order valence-corrected chi connectivity index (χ4v) is 2.49. The summed E-state index contributed by atoms with van der Waals surface area (Å²) in [5.41, 5.74) is 11.4. The number of ether oxygens (including phenoxy) is 1. The molecule has 0 spiro atoms. The molecular formula is C15H17N5O2. The smallest absolute Gasteiger partial charge is 0.306 e. The van der Waals surface area contributed by atoms with Gasteiger partial charge in [0.25, 0.3) is 0 Å². The Bertz CT molecular complexity index is 743. The lowest BCUT2D eigenvalue weighted by atomic mass is 10.1. The highest BCUT2D eigenvalue weighted by Gasteiger charge is 2.24. The molecule has 1 aliphatic carbocycles. The summed E-state index contributed by atoms with van der Waals surface area (Å²) < 4.78 is 6.84. The van der Waals surface area contributed by atoms with Gasteiger partial charge in [-0.05, 0) is 42.8 Å². The van der Waals surface area contributed by atoms with Crippen LogP contribution in [0.2, 0.25) is 0 Å². The van der Waals surface area contributed by atoms with Gasteiger partial charge in [-0.1, -0.05) is 11.2 Å². The summed E-state index contributed by atoms with van der Waals surface area (Å²) in [4.78, 5) is 18.9. The minimum atomic E-state index is -0.645. The van der Waals surface area contributed by atoms with Gasteiger partial charge in [-0.15, -0.1) is 0 Å². The number of fused-ring (bicyclic) bond motifs is 1. The summed E-state index contributed by atoms with van der Waals surface area (Å²) in [7, 11) is 0. The zero-order chi connectivity index (χ0) is 15.5. The molecule has 2 aromatic heterocycles. The molecule has 1 unspecified atom stereocenters. The first-order chi connectivity index (χ1) is 10.7. The van der Waals surface area contributed by atoms with Crippen LogP contribution in [0.4, 0.5) is 0 Å². The van der Waals surface area contributed by atoms with Crippen LogP contribution in [0.25, 0.3) is 16.1 Å². The number of hydrogen-bond acceptors (Lipinski definition) is 4. The van der Waals surface area contributed by atoms with Gasteiger partial charge in [-0.2, -0.15) is 0 Å². The van der Waals surface area contributed by atoms with Crippen LogP contribution in [0.5, 0.6) is 0 Å². The lowest BCUT2D eigenvalue weighted by Gasteiger charge is -2.06. The highest BCUT2D eigenvalue weighted by molar-refractivity contribution is 5.70. The van der Waals surface area contributed by atoms with E-state index < -0.39 is 12.0 Å². The molecule has 1 saturated carbocycles. The number of carbonyl (C=O) groups is 1. The van der Waals surface area contributed by atoms with Crippen molar-refractivity contribution >= 4 is 11.6 Å². The van der Waals surface area contributed by atoms with Gasteiger partial charge in [0.15, 0.2) is 0 Å². The molecule has 3 rings (SSSR count). The lowest BCUT2D eigenvalue weighted by Crippen LogP contribution is -2.09. The van der Waals surface area contributed by atoms with Crippen molar-refractivity contribution in [1.82, 2.24) is 9.38 Å². The molecule has 0 bridgehead atoms. The molecule has 0 radical (unpaired) electrons. The second-order valence-corrected chi connectivity index (χ2v) is 5.40. The Morgan fingerprint density at radius 3 is 3.05 bits per heavy atom. The summed E-state index contributed by atoms with van der Waals surface area (Å²) in [6.45, 7) is 2.04. The number of nitrogens with zero attached hydrogens (tertiary/aromatic N) is 5. The largest absolute Gasteiger partial charge is 0.466 e. The second kappa shape index (κ2) is 6.07. The Labute approximate surface area is 127 Å². The molecule has 0 aliphatic heterocycles. The van der Waals surface area contributed by atoms with E-state index in [4.69, 9.17) is 10.3 Å². The van der Waals surface area contributed by atoms with E-state index in [1.54, 1.807) is 6.92 Å². The average Bonchev–Trinajstić information content (AvgIpc) is 3.26. The van der Waals surface area contributed by atoms with E-state index in [1.807, 2.05) is 16.7 Å². The maximum atomic E-state index is 11.6. The molecule has 0 amide bonds. The Morgan fingerprint density at radius 2 is 2.36 bits per heavy atom. The number of esters is 1. The third-order valence-electron chi connectivity index (χ3n) is 3.74. The van der Waals surface area contributed by atoms with Crippen molar-refractivity contribution in [2.45, 2.75) is 38.1 Å². The van der Waals surface area contributed by atoms with Gasteiger partial charge in [0.05, 0.1) is 24.8 Å². The molecule has 2 heterocycles. The highest BCUT2D eigenvalue weighted by atomic mass is 16.5. The van der Waals surface area contributed by atoms with E-state index in [0.29, 0.717) is 18.2 Å². The van der Waals surface area contributed by atoms with Crippen LogP contribution < -0.4 is 0 Å². The van der Waals surface area contributed by atoms with Crippen LogP contribution in [0.3, 0.4) is 0 Å². The summed E-state index contributed by atoms with van der Waals surface area (Å²) >= 11 is 0. The Kier molecular flexibility index (Phi) is 3.98. The molecule has 1 atom stereocenters. The molecule has 0 N–H and O–H groups in total. The van der Waals surface area contributed by atoms with Crippen molar-refractivity contribution in [3.8, 4) is 0 Å². The summed E-state index contributed by atoms with van der Waals surface area (Å²) in [5.74, 6) is 0.262. The number of pyridine rings is 1. The molecule has 1 aliphatic rings. The number of rotatable bonds is 6. The van der Waals surface area contributed by atoms with Crippen LogP contribution in [-0.4, -0.2) is 22.0 Å². The topological polar surface area (TPSA) is 92.4 Å². The molecule has 1 fully saturated rings. The second-order valence-electron chi connectivity index (χ2n) is 5.40. The fourth-order valence-electron chi connectivity index (χ4n) is 2.49. The number of imidazole rings is 1. The van der Waals surface area contributed by atoms with Crippen LogP contribution in [-0.2, 0) is 9.53 Å². The predicted molar refractivity (Wildman–Crippen MR) is 80.3 cm³/mol. The van der Waals surface area contributed by atoms with E-state index >= 15 is 0 Å². The molecule has 7 nitrogen and oxygen atoms in total. The average molecular weight is 299 g/mol. The number of azide groups is 1. The Balaban J connectivity index is 1.88. The first-order valence-corrected chi connectivity index (χ1v) is 7.39. The van der Waals surface area contributed by atoms with Crippen LogP contribution in [0.1, 0.15) is 49.4 Å². The SMILES string of the molecule is CCOC(=O)CC(N=[N+]=[N-])c1cn2cc(C3CC3)ccc2n1. The van der Waals surface area contributed by atoms with Gasteiger partial charge < -0.3 is 9.14 Å². The van der Waals surface area contributed by atoms with Crippen molar-refractivity contribution < 1.29 is 9.53 Å². The van der Waals surface area contributed by atoms with E-state index in [2.05, 4.69) is 27.3 Å². The molecule has 0 aromatic carbocycles. The minimum absolute atomic E-state index is 0.00271. The van der Waals surface area contributed by atoms with Crippen molar-refractivity contribution in [2.24, 2.45) is 5.11 Å². The molecule has 7 heteroatoms. The van der Waals surface area contributed by atoms with Crippen molar-refractivity contribution in [3.63, 3.8) is 0 Å². The third-order valence-corrected chi connectivity index (χ3v) is 3.74. The molecule has 0 saturated heterocycles. The summed E-state index contributed by atoms with van der Waals surface area (Å²) in [6, 6.07) is 3.39. The first kappa shape index (κ1) is 14.4. The standard InChI is InChI=1S/C15H17N5O2/c1-2-22-15(21)7-12(18-19-16)13-9-20-8-11(10-3-4-10)5-6-14(20)17-13/h5-6,8-10,12H,2-4,7H2,1H3. The van der Waals surface area contributed by atoms with Crippen LogP contribution >= 0.6 is 0 Å². The summed E-state index contributed by atoms with van der Waals surface area (Å²) in [6.07, 6.45) is 6.34. The maximum absolute atomic E-state index is 11.6. The van der Waals surface area contributed by atoms with Gasteiger partial charge in [0, 0.05) is 17.3 Å². The molecule has 114 valence electrons.